The zero-order valence-electron chi connectivity index (χ0n) is 11.7. The van der Waals surface area contributed by atoms with Gasteiger partial charge in [0.15, 0.2) is 11.0 Å². The van der Waals surface area contributed by atoms with Crippen molar-refractivity contribution in [1.29, 1.82) is 0 Å². The highest BCUT2D eigenvalue weighted by Crippen LogP contribution is 2.37. The first-order valence-electron chi connectivity index (χ1n) is 7.00. The minimum atomic E-state index is -0.424. The van der Waals surface area contributed by atoms with Crippen LogP contribution in [0.5, 0.6) is 0 Å². The summed E-state index contributed by atoms with van der Waals surface area (Å²) in [6.45, 7) is 0. The predicted octanol–water partition coefficient (Wildman–Crippen LogP) is 2.67. The van der Waals surface area contributed by atoms with Crippen LogP contribution in [0.25, 0.3) is 11.6 Å². The summed E-state index contributed by atoms with van der Waals surface area (Å²) in [5.41, 5.74) is 6.42. The molecule has 0 radical (unpaired) electrons. The molecule has 4 rings (SSSR count). The molecule has 1 fully saturated rings. The molecule has 0 saturated heterocycles. The van der Waals surface area contributed by atoms with E-state index in [0.29, 0.717) is 17.4 Å². The number of pyridine rings is 1. The Morgan fingerprint density at radius 3 is 2.91 bits per heavy atom. The fourth-order valence-corrected chi connectivity index (χ4v) is 2.98. The van der Waals surface area contributed by atoms with Crippen LogP contribution >= 0.6 is 11.3 Å². The van der Waals surface area contributed by atoms with Crippen LogP contribution in [0.4, 0.5) is 10.9 Å². The van der Waals surface area contributed by atoms with Crippen molar-refractivity contribution >= 4 is 22.3 Å². The number of thiazole rings is 1. The lowest BCUT2D eigenvalue weighted by atomic mass is 9.77. The molecule has 0 bridgehead atoms. The Morgan fingerprint density at radius 2 is 2.18 bits per heavy atom. The van der Waals surface area contributed by atoms with Crippen LogP contribution in [-0.2, 0) is 5.54 Å². The summed E-state index contributed by atoms with van der Waals surface area (Å²) in [4.78, 5) is 13.0. The first kappa shape index (κ1) is 13.4. The van der Waals surface area contributed by atoms with E-state index in [9.17, 15) is 0 Å². The molecular weight excluding hydrogens is 300 g/mol. The zero-order chi connectivity index (χ0) is 15.0. The summed E-state index contributed by atoms with van der Waals surface area (Å²) in [7, 11) is 0. The Kier molecular flexibility index (Phi) is 3.12. The Morgan fingerprint density at radius 1 is 1.27 bits per heavy atom. The van der Waals surface area contributed by atoms with Crippen LogP contribution in [-0.4, -0.2) is 20.1 Å². The van der Waals surface area contributed by atoms with Crippen LogP contribution in [0, 0.1) is 0 Å². The molecule has 7 nitrogen and oxygen atoms in total. The molecule has 3 N–H and O–H groups in total. The number of anilines is 2. The second-order valence-corrected chi connectivity index (χ2v) is 6.17. The maximum Gasteiger partial charge on any atom is 0.277 e. The molecule has 3 heterocycles. The lowest BCUT2D eigenvalue weighted by Gasteiger charge is -2.34. The summed E-state index contributed by atoms with van der Waals surface area (Å²) in [5, 5.41) is 9.72. The lowest BCUT2D eigenvalue weighted by molar-refractivity contribution is 0.229. The van der Waals surface area contributed by atoms with Crippen LogP contribution in [0.3, 0.4) is 0 Å². The number of nitrogens with one attached hydrogen (secondary N) is 1. The van der Waals surface area contributed by atoms with Gasteiger partial charge in [0.25, 0.3) is 5.89 Å². The summed E-state index contributed by atoms with van der Waals surface area (Å²) < 4.78 is 5.30. The SMILES string of the molecule is NC1(c2noc(-c3csc(Nc4ccccn4)n3)n2)CCC1. The summed E-state index contributed by atoms with van der Waals surface area (Å²) in [5.74, 6) is 1.71. The van der Waals surface area contributed by atoms with Gasteiger partial charge in [-0.05, 0) is 31.4 Å². The van der Waals surface area contributed by atoms with Crippen LogP contribution < -0.4 is 11.1 Å². The lowest BCUT2D eigenvalue weighted by Crippen LogP contribution is -2.44. The van der Waals surface area contributed by atoms with Gasteiger partial charge in [0.05, 0.1) is 5.54 Å². The van der Waals surface area contributed by atoms with E-state index < -0.39 is 5.54 Å². The standard InChI is InChI=1S/C14H14N6OS/c15-14(5-3-6-14)12-19-11(21-20-12)9-8-22-13(17-9)18-10-4-1-2-7-16-10/h1-2,4,7-8H,3,5-6,15H2,(H,16,17,18). The molecule has 0 amide bonds. The molecule has 3 aromatic rings. The van der Waals surface area contributed by atoms with E-state index >= 15 is 0 Å². The summed E-state index contributed by atoms with van der Waals surface area (Å²) in [6.07, 6.45) is 4.63. The highest BCUT2D eigenvalue weighted by atomic mass is 32.1. The number of nitrogens with two attached hydrogens (primary N) is 1. The van der Waals surface area contributed by atoms with Gasteiger partial charge in [0, 0.05) is 11.6 Å². The van der Waals surface area contributed by atoms with Gasteiger partial charge in [-0.3, -0.25) is 0 Å². The van der Waals surface area contributed by atoms with Crippen molar-refractivity contribution in [3.63, 3.8) is 0 Å². The summed E-state index contributed by atoms with van der Waals surface area (Å²) in [6, 6.07) is 5.65. The van der Waals surface area contributed by atoms with Gasteiger partial charge in [0.2, 0.25) is 0 Å². The molecule has 0 aromatic carbocycles. The van der Waals surface area contributed by atoms with Crippen molar-refractivity contribution < 1.29 is 4.52 Å². The van der Waals surface area contributed by atoms with Crippen molar-refractivity contribution in [2.45, 2.75) is 24.8 Å². The molecule has 0 atom stereocenters. The predicted molar refractivity (Wildman–Crippen MR) is 82.6 cm³/mol. The van der Waals surface area contributed by atoms with Crippen molar-refractivity contribution in [1.82, 2.24) is 20.1 Å². The fraction of sp³-hybridized carbons (Fsp3) is 0.286. The third-order valence-electron chi connectivity index (χ3n) is 3.74. The van der Waals surface area contributed by atoms with Gasteiger partial charge >= 0.3 is 0 Å². The Labute approximate surface area is 130 Å². The van der Waals surface area contributed by atoms with Crippen molar-refractivity contribution in [3.8, 4) is 11.6 Å². The first-order valence-corrected chi connectivity index (χ1v) is 7.88. The largest absolute Gasteiger partial charge is 0.332 e. The maximum atomic E-state index is 6.20. The first-order chi connectivity index (χ1) is 10.7. The van der Waals surface area contributed by atoms with Gasteiger partial charge < -0.3 is 15.6 Å². The minimum Gasteiger partial charge on any atom is -0.332 e. The maximum absolute atomic E-state index is 6.20. The van der Waals surface area contributed by atoms with Crippen molar-refractivity contribution in [2.75, 3.05) is 5.32 Å². The molecule has 3 aromatic heterocycles. The molecule has 1 aliphatic rings. The highest BCUT2D eigenvalue weighted by Gasteiger charge is 2.39. The zero-order valence-corrected chi connectivity index (χ0v) is 12.5. The van der Waals surface area contributed by atoms with Crippen LogP contribution in [0.15, 0.2) is 34.3 Å². The van der Waals surface area contributed by atoms with Gasteiger partial charge in [-0.15, -0.1) is 11.3 Å². The molecule has 0 spiro atoms. The smallest absolute Gasteiger partial charge is 0.277 e. The van der Waals surface area contributed by atoms with Gasteiger partial charge in [-0.25, -0.2) is 9.97 Å². The number of hydrogen-bond donors (Lipinski definition) is 2. The second kappa shape index (κ2) is 5.15. The molecule has 8 heteroatoms. The van der Waals surface area contributed by atoms with E-state index in [-0.39, 0.29) is 0 Å². The third-order valence-corrected chi connectivity index (χ3v) is 4.50. The molecule has 1 aliphatic carbocycles. The average Bonchev–Trinajstić information content (AvgIpc) is 3.15. The van der Waals surface area contributed by atoms with Gasteiger partial charge in [-0.1, -0.05) is 11.2 Å². The monoisotopic (exact) mass is 314 g/mol. The van der Waals surface area contributed by atoms with Crippen molar-refractivity contribution in [2.24, 2.45) is 5.73 Å². The number of rotatable bonds is 4. The molecule has 0 unspecified atom stereocenters. The van der Waals surface area contributed by atoms with E-state index in [2.05, 4.69) is 25.4 Å². The number of hydrogen-bond acceptors (Lipinski definition) is 8. The van der Waals surface area contributed by atoms with Crippen LogP contribution in [0.1, 0.15) is 25.1 Å². The molecule has 112 valence electrons. The third kappa shape index (κ3) is 2.36. The average molecular weight is 314 g/mol. The van der Waals surface area contributed by atoms with E-state index in [4.69, 9.17) is 10.3 Å². The van der Waals surface area contributed by atoms with E-state index in [1.54, 1.807) is 6.20 Å². The second-order valence-electron chi connectivity index (χ2n) is 5.31. The number of aromatic nitrogens is 4. The topological polar surface area (TPSA) is 103 Å². The molecule has 1 saturated carbocycles. The van der Waals surface area contributed by atoms with Gasteiger partial charge in [0.1, 0.15) is 11.5 Å². The summed E-state index contributed by atoms with van der Waals surface area (Å²) >= 11 is 1.45. The Hall–Kier alpha value is -2.32. The van der Waals surface area contributed by atoms with E-state index in [1.165, 1.54) is 11.3 Å². The normalized spacial score (nSPS) is 16.2. The molecule has 0 aliphatic heterocycles. The van der Waals surface area contributed by atoms with Crippen molar-refractivity contribution in [3.05, 3.63) is 35.6 Å². The van der Waals surface area contributed by atoms with E-state index in [1.807, 2.05) is 23.6 Å². The van der Waals surface area contributed by atoms with E-state index in [0.717, 1.165) is 30.2 Å². The Balaban J connectivity index is 1.54. The highest BCUT2D eigenvalue weighted by molar-refractivity contribution is 7.14. The minimum absolute atomic E-state index is 0.400. The quantitative estimate of drug-likeness (QED) is 0.763. The fourth-order valence-electron chi connectivity index (χ4n) is 2.29. The number of nitrogens with zero attached hydrogens (tertiary/aromatic N) is 4. The van der Waals surface area contributed by atoms with Crippen LogP contribution in [0.2, 0.25) is 0 Å². The molecular formula is C14H14N6OS. The van der Waals surface area contributed by atoms with Gasteiger partial charge in [-0.2, -0.15) is 4.98 Å². The molecule has 22 heavy (non-hydrogen) atoms. The Bertz CT molecular complexity index is 779.